The summed E-state index contributed by atoms with van der Waals surface area (Å²) in [5.74, 6) is 0.445. The number of carbonyl (C=O) groups excluding carboxylic acids is 1. The zero-order valence-corrected chi connectivity index (χ0v) is 12.9. The number of sulfone groups is 1. The van der Waals surface area contributed by atoms with Crippen LogP contribution in [0, 0.1) is 0 Å². The monoisotopic (exact) mass is 329 g/mol. The van der Waals surface area contributed by atoms with Crippen molar-refractivity contribution in [3.05, 3.63) is 35.9 Å². The molecule has 1 aliphatic rings. The van der Waals surface area contributed by atoms with E-state index >= 15 is 0 Å². The van der Waals surface area contributed by atoms with Gasteiger partial charge < -0.3 is 10.1 Å². The number of halogens is 1. The Morgan fingerprint density at radius 3 is 2.62 bits per heavy atom. The van der Waals surface area contributed by atoms with Crippen LogP contribution in [-0.4, -0.2) is 31.9 Å². The summed E-state index contributed by atoms with van der Waals surface area (Å²) in [5.41, 5.74) is 0.545. The maximum absolute atomic E-state index is 11.4. The van der Waals surface area contributed by atoms with Gasteiger partial charge in [0.2, 0.25) is 5.91 Å². The van der Waals surface area contributed by atoms with Crippen LogP contribution in [0.25, 0.3) is 0 Å². The van der Waals surface area contributed by atoms with Crippen LogP contribution in [0.5, 0.6) is 5.75 Å². The van der Waals surface area contributed by atoms with E-state index in [0.717, 1.165) is 0 Å². The van der Waals surface area contributed by atoms with E-state index in [-0.39, 0.29) is 23.5 Å². The molecule has 1 fully saturated rings. The van der Waals surface area contributed by atoms with Gasteiger partial charge in [0.25, 0.3) is 0 Å². The number of anilines is 1. The Hall–Kier alpha value is -1.53. The van der Waals surface area contributed by atoms with Gasteiger partial charge in [-0.15, -0.1) is 0 Å². The molecule has 0 aliphatic carbocycles. The number of nitrogens with one attached hydrogen (secondary N) is 1. The van der Waals surface area contributed by atoms with E-state index in [0.29, 0.717) is 29.3 Å². The SMILES string of the molecule is C=CC(=O)Nc1ccc(OC2CCS(=O)(=O)CC2)c(Cl)c1. The maximum atomic E-state index is 11.4. The number of amides is 1. The summed E-state index contributed by atoms with van der Waals surface area (Å²) in [7, 11) is -2.91. The zero-order valence-electron chi connectivity index (χ0n) is 11.3. The van der Waals surface area contributed by atoms with Gasteiger partial charge in [-0.2, -0.15) is 0 Å². The van der Waals surface area contributed by atoms with Gasteiger partial charge in [-0.3, -0.25) is 4.79 Å². The summed E-state index contributed by atoms with van der Waals surface area (Å²) in [4.78, 5) is 11.2. The Bertz CT molecular complexity index is 643. The Kier molecular flexibility index (Phi) is 4.90. The first kappa shape index (κ1) is 15.9. The van der Waals surface area contributed by atoms with E-state index < -0.39 is 9.84 Å². The lowest BCUT2D eigenvalue weighted by Gasteiger charge is -2.23. The van der Waals surface area contributed by atoms with Crippen molar-refractivity contribution < 1.29 is 17.9 Å². The Balaban J connectivity index is 2.01. The van der Waals surface area contributed by atoms with E-state index in [9.17, 15) is 13.2 Å². The predicted octanol–water partition coefficient (Wildman–Crippen LogP) is 2.42. The minimum Gasteiger partial charge on any atom is -0.489 e. The largest absolute Gasteiger partial charge is 0.489 e. The lowest BCUT2D eigenvalue weighted by atomic mass is 10.2. The van der Waals surface area contributed by atoms with E-state index in [1.807, 2.05) is 0 Å². The molecule has 2 rings (SSSR count). The fourth-order valence-corrected chi connectivity index (χ4v) is 3.71. The smallest absolute Gasteiger partial charge is 0.247 e. The molecule has 1 aliphatic heterocycles. The predicted molar refractivity (Wildman–Crippen MR) is 82.6 cm³/mol. The minimum atomic E-state index is -2.91. The third-order valence-corrected chi connectivity index (χ3v) is 5.19. The summed E-state index contributed by atoms with van der Waals surface area (Å²) in [6.45, 7) is 3.37. The second kappa shape index (κ2) is 6.49. The number of hydrogen-bond donors (Lipinski definition) is 1. The van der Waals surface area contributed by atoms with Gasteiger partial charge in [-0.05, 0) is 37.1 Å². The lowest BCUT2D eigenvalue weighted by Crippen LogP contribution is -2.30. The topological polar surface area (TPSA) is 72.5 Å². The van der Waals surface area contributed by atoms with Crippen molar-refractivity contribution in [2.45, 2.75) is 18.9 Å². The van der Waals surface area contributed by atoms with Gasteiger partial charge in [0.05, 0.1) is 16.5 Å². The van der Waals surface area contributed by atoms with Crippen molar-refractivity contribution in [2.24, 2.45) is 0 Å². The molecule has 1 aromatic carbocycles. The first-order chi connectivity index (χ1) is 9.89. The van der Waals surface area contributed by atoms with Crippen LogP contribution in [0.4, 0.5) is 5.69 Å². The third-order valence-electron chi connectivity index (χ3n) is 3.18. The third kappa shape index (κ3) is 4.47. The zero-order chi connectivity index (χ0) is 15.5. The summed E-state index contributed by atoms with van der Waals surface area (Å²) in [6.07, 6.45) is 1.95. The normalized spacial score (nSPS) is 18.0. The number of benzene rings is 1. The van der Waals surface area contributed by atoms with Crippen LogP contribution < -0.4 is 10.1 Å². The summed E-state index contributed by atoms with van der Waals surface area (Å²) in [6, 6.07) is 4.91. The van der Waals surface area contributed by atoms with Gasteiger partial charge >= 0.3 is 0 Å². The number of hydrogen-bond acceptors (Lipinski definition) is 4. The molecule has 0 atom stereocenters. The molecule has 0 spiro atoms. The van der Waals surface area contributed by atoms with Gasteiger partial charge in [-0.25, -0.2) is 8.42 Å². The highest BCUT2D eigenvalue weighted by Crippen LogP contribution is 2.30. The first-order valence-electron chi connectivity index (χ1n) is 6.50. The first-order valence-corrected chi connectivity index (χ1v) is 8.69. The molecule has 114 valence electrons. The van der Waals surface area contributed by atoms with Crippen LogP contribution in [0.3, 0.4) is 0 Å². The molecular formula is C14H16ClNO4S. The van der Waals surface area contributed by atoms with Crippen LogP contribution in [0.1, 0.15) is 12.8 Å². The van der Waals surface area contributed by atoms with Crippen molar-refractivity contribution in [3.63, 3.8) is 0 Å². The van der Waals surface area contributed by atoms with Gasteiger partial charge in [0.15, 0.2) is 9.84 Å². The molecule has 1 heterocycles. The standard InChI is InChI=1S/C14H16ClNO4S/c1-2-14(17)16-10-3-4-13(12(15)9-10)20-11-5-7-21(18,19)8-6-11/h2-4,9,11H,1,5-8H2,(H,16,17). The number of carbonyl (C=O) groups is 1. The molecule has 0 radical (unpaired) electrons. The van der Waals surface area contributed by atoms with Crippen LogP contribution in [0.2, 0.25) is 5.02 Å². The quantitative estimate of drug-likeness (QED) is 0.861. The van der Waals surface area contributed by atoms with Crippen LogP contribution >= 0.6 is 11.6 Å². The Morgan fingerprint density at radius 2 is 2.05 bits per heavy atom. The molecule has 0 saturated carbocycles. The molecule has 1 aromatic rings. The fraction of sp³-hybridized carbons (Fsp3) is 0.357. The van der Waals surface area contributed by atoms with Crippen molar-refractivity contribution >= 4 is 33.0 Å². The van der Waals surface area contributed by atoms with E-state index in [2.05, 4.69) is 11.9 Å². The lowest BCUT2D eigenvalue weighted by molar-refractivity contribution is -0.111. The summed E-state index contributed by atoms with van der Waals surface area (Å²) < 4.78 is 28.5. The molecule has 1 amide bonds. The van der Waals surface area contributed by atoms with Gasteiger partial charge in [0, 0.05) is 5.69 Å². The molecule has 1 saturated heterocycles. The van der Waals surface area contributed by atoms with Crippen molar-refractivity contribution in [1.82, 2.24) is 0 Å². The Labute approximate surface area is 128 Å². The second-order valence-electron chi connectivity index (χ2n) is 4.81. The van der Waals surface area contributed by atoms with E-state index in [1.165, 1.54) is 6.08 Å². The van der Waals surface area contributed by atoms with Crippen molar-refractivity contribution in [2.75, 3.05) is 16.8 Å². The average Bonchev–Trinajstić information content (AvgIpc) is 2.43. The number of ether oxygens (including phenoxy) is 1. The highest BCUT2D eigenvalue weighted by molar-refractivity contribution is 7.91. The molecule has 0 bridgehead atoms. The van der Waals surface area contributed by atoms with E-state index in [4.69, 9.17) is 16.3 Å². The highest BCUT2D eigenvalue weighted by atomic mass is 35.5. The van der Waals surface area contributed by atoms with E-state index in [1.54, 1.807) is 18.2 Å². The molecule has 7 heteroatoms. The number of rotatable bonds is 4. The average molecular weight is 330 g/mol. The molecule has 1 N–H and O–H groups in total. The summed E-state index contributed by atoms with van der Waals surface area (Å²) in [5, 5.41) is 2.96. The van der Waals surface area contributed by atoms with Crippen molar-refractivity contribution in [3.8, 4) is 5.75 Å². The molecule has 0 aromatic heterocycles. The molecular weight excluding hydrogens is 314 g/mol. The molecule has 5 nitrogen and oxygen atoms in total. The second-order valence-corrected chi connectivity index (χ2v) is 7.52. The Morgan fingerprint density at radius 1 is 1.38 bits per heavy atom. The minimum absolute atomic E-state index is 0.142. The summed E-state index contributed by atoms with van der Waals surface area (Å²) >= 11 is 6.11. The molecule has 0 unspecified atom stereocenters. The highest BCUT2D eigenvalue weighted by Gasteiger charge is 2.25. The van der Waals surface area contributed by atoms with Gasteiger partial charge in [0.1, 0.15) is 11.9 Å². The van der Waals surface area contributed by atoms with Gasteiger partial charge in [-0.1, -0.05) is 18.2 Å². The molecule has 21 heavy (non-hydrogen) atoms. The maximum Gasteiger partial charge on any atom is 0.247 e. The van der Waals surface area contributed by atoms with Crippen LogP contribution in [-0.2, 0) is 14.6 Å². The fourth-order valence-electron chi connectivity index (χ4n) is 2.03. The van der Waals surface area contributed by atoms with Crippen LogP contribution in [0.15, 0.2) is 30.9 Å². The van der Waals surface area contributed by atoms with Crippen molar-refractivity contribution in [1.29, 1.82) is 0 Å².